The van der Waals surface area contributed by atoms with Crippen LogP contribution in [0.1, 0.15) is 18.2 Å². The fourth-order valence-electron chi connectivity index (χ4n) is 1.87. The average molecular weight is 327 g/mol. The summed E-state index contributed by atoms with van der Waals surface area (Å²) < 4.78 is 16.3. The first kappa shape index (κ1) is 13.9. The van der Waals surface area contributed by atoms with Crippen molar-refractivity contribution in [3.8, 4) is 0 Å². The topological polar surface area (TPSA) is 55.9 Å². The van der Waals surface area contributed by atoms with Crippen molar-refractivity contribution in [1.82, 2.24) is 9.78 Å². The lowest BCUT2D eigenvalue weighted by atomic mass is 10.2. The number of rotatable bonds is 4. The molecule has 0 atom stereocenters. The van der Waals surface area contributed by atoms with Gasteiger partial charge in [-0.1, -0.05) is 15.9 Å². The highest BCUT2D eigenvalue weighted by Crippen LogP contribution is 2.23. The lowest BCUT2D eigenvalue weighted by Gasteiger charge is -2.10. The molecule has 0 radical (unpaired) electrons. The van der Waals surface area contributed by atoms with E-state index in [4.69, 9.17) is 5.73 Å². The van der Waals surface area contributed by atoms with E-state index in [1.54, 1.807) is 16.8 Å². The van der Waals surface area contributed by atoms with E-state index in [2.05, 4.69) is 26.3 Å². The molecule has 102 valence electrons. The third-order valence-corrected chi connectivity index (χ3v) is 3.42. The summed E-state index contributed by atoms with van der Waals surface area (Å²) in [5.74, 6) is 0.493. The molecule has 0 bridgehead atoms. The van der Waals surface area contributed by atoms with Gasteiger partial charge in [0.15, 0.2) is 0 Å². The summed E-state index contributed by atoms with van der Waals surface area (Å²) in [5, 5.41) is 7.46. The third kappa shape index (κ3) is 2.89. The van der Waals surface area contributed by atoms with Crippen molar-refractivity contribution in [2.24, 2.45) is 0 Å². The summed E-state index contributed by atoms with van der Waals surface area (Å²) in [4.78, 5) is 0. The minimum Gasteiger partial charge on any atom is -0.394 e. The predicted octanol–water partition coefficient (Wildman–Crippen LogP) is 3.31. The normalized spacial score (nSPS) is 10.7. The van der Waals surface area contributed by atoms with E-state index in [-0.39, 0.29) is 5.82 Å². The van der Waals surface area contributed by atoms with Gasteiger partial charge in [-0.15, -0.1) is 0 Å². The summed E-state index contributed by atoms with van der Waals surface area (Å²) in [6.45, 7) is 4.91. The average Bonchev–Trinajstić information content (AvgIpc) is 2.66. The molecule has 2 aromatic rings. The van der Waals surface area contributed by atoms with Gasteiger partial charge < -0.3 is 11.1 Å². The minimum absolute atomic E-state index is 0.242. The highest BCUT2D eigenvalue weighted by atomic mass is 79.9. The number of nitrogens with zero attached hydrogens (tertiary/aromatic N) is 2. The fraction of sp³-hybridized carbons (Fsp3) is 0.308. The molecule has 0 saturated carbocycles. The largest absolute Gasteiger partial charge is 0.394 e. The summed E-state index contributed by atoms with van der Waals surface area (Å²) in [6.07, 6.45) is 0. The van der Waals surface area contributed by atoms with Gasteiger partial charge in [-0.25, -0.2) is 9.07 Å². The molecule has 2 rings (SSSR count). The van der Waals surface area contributed by atoms with Gasteiger partial charge in [-0.2, -0.15) is 5.10 Å². The molecular weight excluding hydrogens is 311 g/mol. The van der Waals surface area contributed by atoms with Gasteiger partial charge in [-0.3, -0.25) is 0 Å². The van der Waals surface area contributed by atoms with Crippen LogP contribution in [-0.4, -0.2) is 9.78 Å². The molecule has 19 heavy (non-hydrogen) atoms. The van der Waals surface area contributed by atoms with Gasteiger partial charge >= 0.3 is 0 Å². The predicted molar refractivity (Wildman–Crippen MR) is 78.5 cm³/mol. The maximum atomic E-state index is 13.6. The van der Waals surface area contributed by atoms with E-state index in [9.17, 15) is 4.39 Å². The van der Waals surface area contributed by atoms with Crippen LogP contribution in [0.3, 0.4) is 0 Å². The number of aryl methyl sites for hydroxylation is 2. The molecule has 0 spiro atoms. The standard InChI is InChI=1S/C13H16BrFN4/c1-3-19-13(12(16)8(2)18-19)17-7-9-6-10(14)4-5-11(9)15/h4-6,17H,3,7,16H2,1-2H3. The zero-order chi connectivity index (χ0) is 14.0. The molecule has 0 fully saturated rings. The molecule has 3 N–H and O–H groups in total. The van der Waals surface area contributed by atoms with Gasteiger partial charge in [0, 0.05) is 23.1 Å². The van der Waals surface area contributed by atoms with Crippen molar-refractivity contribution >= 4 is 27.4 Å². The highest BCUT2D eigenvalue weighted by Gasteiger charge is 2.12. The first-order chi connectivity index (χ1) is 9.02. The van der Waals surface area contributed by atoms with Gasteiger partial charge in [0.1, 0.15) is 11.6 Å². The van der Waals surface area contributed by atoms with Crippen LogP contribution < -0.4 is 11.1 Å². The fourth-order valence-corrected chi connectivity index (χ4v) is 2.28. The number of nitrogens with two attached hydrogens (primary N) is 1. The molecular formula is C13H16BrFN4. The monoisotopic (exact) mass is 326 g/mol. The Hall–Kier alpha value is -1.56. The maximum absolute atomic E-state index is 13.6. The van der Waals surface area contributed by atoms with Crippen molar-refractivity contribution < 1.29 is 4.39 Å². The van der Waals surface area contributed by atoms with E-state index >= 15 is 0 Å². The second-order valence-corrected chi connectivity index (χ2v) is 5.17. The second kappa shape index (κ2) is 5.61. The van der Waals surface area contributed by atoms with Crippen LogP contribution in [0.5, 0.6) is 0 Å². The molecule has 0 aliphatic carbocycles. The van der Waals surface area contributed by atoms with Crippen LogP contribution in [0.4, 0.5) is 15.9 Å². The number of hydrogen-bond acceptors (Lipinski definition) is 3. The molecule has 0 unspecified atom stereocenters. The van der Waals surface area contributed by atoms with E-state index in [1.165, 1.54) is 6.07 Å². The summed E-state index contributed by atoms with van der Waals surface area (Å²) >= 11 is 3.33. The van der Waals surface area contributed by atoms with Crippen LogP contribution in [0, 0.1) is 12.7 Å². The Bertz CT molecular complexity index is 595. The molecule has 0 aliphatic rings. The van der Waals surface area contributed by atoms with Crippen LogP contribution in [-0.2, 0) is 13.1 Å². The van der Waals surface area contributed by atoms with E-state index < -0.39 is 0 Å². The number of benzene rings is 1. The van der Waals surface area contributed by atoms with Gasteiger partial charge in [-0.05, 0) is 32.0 Å². The zero-order valence-corrected chi connectivity index (χ0v) is 12.5. The molecule has 6 heteroatoms. The van der Waals surface area contributed by atoms with Crippen LogP contribution >= 0.6 is 15.9 Å². The van der Waals surface area contributed by atoms with Crippen LogP contribution in [0.25, 0.3) is 0 Å². The number of halogens is 2. The van der Waals surface area contributed by atoms with Crippen molar-refractivity contribution in [1.29, 1.82) is 0 Å². The van der Waals surface area contributed by atoms with E-state index in [1.807, 2.05) is 13.8 Å². The summed E-state index contributed by atoms with van der Waals surface area (Å²) in [6, 6.07) is 4.86. The van der Waals surface area contributed by atoms with Crippen LogP contribution in [0.2, 0.25) is 0 Å². The summed E-state index contributed by atoms with van der Waals surface area (Å²) in [7, 11) is 0. The smallest absolute Gasteiger partial charge is 0.148 e. The quantitative estimate of drug-likeness (QED) is 0.906. The molecule has 0 aliphatic heterocycles. The number of nitrogens with one attached hydrogen (secondary N) is 1. The SMILES string of the molecule is CCn1nc(C)c(N)c1NCc1cc(Br)ccc1F. The Labute approximate surface area is 119 Å². The van der Waals surface area contributed by atoms with Gasteiger partial charge in [0.25, 0.3) is 0 Å². The minimum atomic E-state index is -0.242. The van der Waals surface area contributed by atoms with Crippen molar-refractivity contribution in [3.05, 3.63) is 39.7 Å². The maximum Gasteiger partial charge on any atom is 0.148 e. The Balaban J connectivity index is 2.21. The van der Waals surface area contributed by atoms with E-state index in [0.29, 0.717) is 24.3 Å². The molecule has 4 nitrogen and oxygen atoms in total. The molecule has 0 saturated heterocycles. The first-order valence-corrected chi connectivity index (χ1v) is 6.83. The number of anilines is 2. The third-order valence-electron chi connectivity index (χ3n) is 2.93. The first-order valence-electron chi connectivity index (χ1n) is 6.03. The lowest BCUT2D eigenvalue weighted by Crippen LogP contribution is -2.09. The van der Waals surface area contributed by atoms with Crippen molar-refractivity contribution in [2.45, 2.75) is 26.9 Å². The number of hydrogen-bond donors (Lipinski definition) is 2. The molecule has 1 aromatic heterocycles. The van der Waals surface area contributed by atoms with Crippen LogP contribution in [0.15, 0.2) is 22.7 Å². The lowest BCUT2D eigenvalue weighted by molar-refractivity contribution is 0.610. The zero-order valence-electron chi connectivity index (χ0n) is 10.9. The summed E-state index contributed by atoms with van der Waals surface area (Å²) in [5.41, 5.74) is 7.93. The Morgan fingerprint density at radius 2 is 2.21 bits per heavy atom. The number of aromatic nitrogens is 2. The Morgan fingerprint density at radius 3 is 2.89 bits per heavy atom. The molecule has 0 amide bonds. The Morgan fingerprint density at radius 1 is 1.47 bits per heavy atom. The second-order valence-electron chi connectivity index (χ2n) is 4.25. The number of nitrogen functional groups attached to an aromatic ring is 1. The van der Waals surface area contributed by atoms with Crippen molar-refractivity contribution in [2.75, 3.05) is 11.1 Å². The molecule has 1 heterocycles. The van der Waals surface area contributed by atoms with Gasteiger partial charge in [0.05, 0.1) is 11.4 Å². The van der Waals surface area contributed by atoms with Crippen molar-refractivity contribution in [3.63, 3.8) is 0 Å². The Kier molecular flexibility index (Phi) is 4.09. The van der Waals surface area contributed by atoms with E-state index in [0.717, 1.165) is 16.0 Å². The molecule has 1 aromatic carbocycles. The highest BCUT2D eigenvalue weighted by molar-refractivity contribution is 9.10. The van der Waals surface area contributed by atoms with Gasteiger partial charge in [0.2, 0.25) is 0 Å².